The fraction of sp³-hybridized carbons (Fsp3) is 0.167. The minimum atomic E-state index is 0.525. The first kappa shape index (κ1) is 10.8. The van der Waals surface area contributed by atoms with Gasteiger partial charge in [-0.05, 0) is 5.56 Å². The van der Waals surface area contributed by atoms with Crippen molar-refractivity contribution in [3.8, 4) is 11.1 Å². The number of hydrogen-bond donors (Lipinski definition) is 1. The summed E-state index contributed by atoms with van der Waals surface area (Å²) >= 11 is 4.83. The molecule has 4 heteroatoms. The molecule has 0 radical (unpaired) electrons. The van der Waals surface area contributed by atoms with Gasteiger partial charge in [-0.2, -0.15) is 5.10 Å². The lowest BCUT2D eigenvalue weighted by Gasteiger charge is -1.99. The Hall–Kier alpha value is -1.68. The van der Waals surface area contributed by atoms with E-state index in [2.05, 4.69) is 17.2 Å². The van der Waals surface area contributed by atoms with Crippen molar-refractivity contribution in [1.29, 1.82) is 0 Å². The molecule has 82 valence electrons. The Morgan fingerprint density at radius 2 is 2.00 bits per heavy atom. The molecule has 0 aliphatic rings. The second kappa shape index (κ2) is 4.90. The molecule has 16 heavy (non-hydrogen) atoms. The van der Waals surface area contributed by atoms with Crippen LogP contribution in [0.4, 0.5) is 0 Å². The molecule has 2 N–H and O–H groups in total. The highest BCUT2D eigenvalue weighted by molar-refractivity contribution is 7.80. The largest absolute Gasteiger partial charge is 0.393 e. The van der Waals surface area contributed by atoms with Crippen LogP contribution in [-0.4, -0.2) is 14.8 Å². The Bertz CT molecular complexity index is 476. The van der Waals surface area contributed by atoms with Crippen molar-refractivity contribution in [2.75, 3.05) is 0 Å². The van der Waals surface area contributed by atoms with Crippen LogP contribution in [0.15, 0.2) is 42.7 Å². The third-order valence-corrected chi connectivity index (χ3v) is 2.53. The molecule has 0 aliphatic carbocycles. The van der Waals surface area contributed by atoms with Crippen LogP contribution in [0.1, 0.15) is 6.42 Å². The predicted octanol–water partition coefficient (Wildman–Crippen LogP) is 2.23. The van der Waals surface area contributed by atoms with E-state index in [1.54, 1.807) is 0 Å². The summed E-state index contributed by atoms with van der Waals surface area (Å²) in [5, 5.41) is 4.27. The lowest BCUT2D eigenvalue weighted by atomic mass is 10.1. The van der Waals surface area contributed by atoms with Crippen LogP contribution in [0.2, 0.25) is 0 Å². The zero-order valence-corrected chi connectivity index (χ0v) is 9.65. The highest BCUT2D eigenvalue weighted by atomic mass is 32.1. The third-order valence-electron chi connectivity index (χ3n) is 2.33. The van der Waals surface area contributed by atoms with Gasteiger partial charge >= 0.3 is 0 Å². The van der Waals surface area contributed by atoms with E-state index in [0.29, 0.717) is 11.4 Å². The maximum atomic E-state index is 5.45. The third kappa shape index (κ3) is 2.67. The van der Waals surface area contributed by atoms with E-state index < -0.39 is 0 Å². The second-order valence-electron chi connectivity index (χ2n) is 3.57. The average Bonchev–Trinajstić information content (AvgIpc) is 2.76. The van der Waals surface area contributed by atoms with Crippen molar-refractivity contribution in [3.63, 3.8) is 0 Å². The molecule has 0 spiro atoms. The van der Waals surface area contributed by atoms with Crippen molar-refractivity contribution in [3.05, 3.63) is 42.7 Å². The fourth-order valence-corrected chi connectivity index (χ4v) is 1.58. The van der Waals surface area contributed by atoms with Gasteiger partial charge in [0.1, 0.15) is 0 Å². The Balaban J connectivity index is 2.11. The molecule has 0 saturated heterocycles. The van der Waals surface area contributed by atoms with E-state index in [-0.39, 0.29) is 0 Å². The Kier molecular flexibility index (Phi) is 3.31. The van der Waals surface area contributed by atoms with Crippen LogP contribution in [0.3, 0.4) is 0 Å². The number of thiocarbonyl (C=S) groups is 1. The van der Waals surface area contributed by atoms with Gasteiger partial charge in [0.05, 0.1) is 11.2 Å². The summed E-state index contributed by atoms with van der Waals surface area (Å²) in [5.74, 6) is 0. The molecule has 0 fully saturated rings. The molecule has 1 aromatic heterocycles. The van der Waals surface area contributed by atoms with Crippen molar-refractivity contribution in [2.45, 2.75) is 13.0 Å². The molecule has 2 rings (SSSR count). The van der Waals surface area contributed by atoms with Crippen LogP contribution < -0.4 is 5.73 Å². The van der Waals surface area contributed by atoms with Crippen molar-refractivity contribution >= 4 is 17.2 Å². The summed E-state index contributed by atoms with van der Waals surface area (Å²) in [7, 11) is 0. The quantitative estimate of drug-likeness (QED) is 0.821. The maximum absolute atomic E-state index is 5.45. The number of nitrogens with zero attached hydrogens (tertiary/aromatic N) is 2. The monoisotopic (exact) mass is 231 g/mol. The topological polar surface area (TPSA) is 43.8 Å². The summed E-state index contributed by atoms with van der Waals surface area (Å²) in [6.07, 6.45) is 4.55. The average molecular weight is 231 g/mol. The van der Waals surface area contributed by atoms with Gasteiger partial charge in [-0.1, -0.05) is 42.5 Å². The van der Waals surface area contributed by atoms with Crippen LogP contribution in [0.5, 0.6) is 0 Å². The SMILES string of the molecule is NC(=S)CCn1cc(-c2ccccc2)cn1. The van der Waals surface area contributed by atoms with Gasteiger partial charge in [0.25, 0.3) is 0 Å². The Morgan fingerprint density at radius 1 is 1.25 bits per heavy atom. The summed E-state index contributed by atoms with van der Waals surface area (Å²) in [5.41, 5.74) is 7.73. The van der Waals surface area contributed by atoms with E-state index in [0.717, 1.165) is 12.1 Å². The van der Waals surface area contributed by atoms with E-state index in [9.17, 15) is 0 Å². The number of benzene rings is 1. The van der Waals surface area contributed by atoms with Gasteiger partial charge in [-0.25, -0.2) is 0 Å². The minimum absolute atomic E-state index is 0.525. The number of hydrogen-bond acceptors (Lipinski definition) is 2. The van der Waals surface area contributed by atoms with E-state index >= 15 is 0 Å². The van der Waals surface area contributed by atoms with Crippen LogP contribution in [-0.2, 0) is 6.54 Å². The van der Waals surface area contributed by atoms with Crippen LogP contribution in [0, 0.1) is 0 Å². The zero-order valence-electron chi connectivity index (χ0n) is 8.84. The first-order valence-corrected chi connectivity index (χ1v) is 5.53. The zero-order chi connectivity index (χ0) is 11.4. The molecule has 2 aromatic rings. The maximum Gasteiger partial charge on any atom is 0.0745 e. The van der Waals surface area contributed by atoms with Gasteiger partial charge < -0.3 is 5.73 Å². The number of aromatic nitrogens is 2. The molecular weight excluding hydrogens is 218 g/mol. The molecular formula is C12H13N3S. The molecule has 0 bridgehead atoms. The Labute approximate surface area is 99.9 Å². The lowest BCUT2D eigenvalue weighted by Crippen LogP contribution is -2.11. The molecule has 0 saturated carbocycles. The fourth-order valence-electron chi connectivity index (χ4n) is 1.49. The highest BCUT2D eigenvalue weighted by Gasteiger charge is 2.01. The smallest absolute Gasteiger partial charge is 0.0745 e. The number of nitrogens with two attached hydrogens (primary N) is 1. The van der Waals surface area contributed by atoms with Gasteiger partial charge in [0, 0.05) is 24.7 Å². The van der Waals surface area contributed by atoms with Crippen LogP contribution in [0.25, 0.3) is 11.1 Å². The normalized spacial score (nSPS) is 10.2. The molecule has 3 nitrogen and oxygen atoms in total. The molecule has 0 atom stereocenters. The van der Waals surface area contributed by atoms with Gasteiger partial charge in [-0.3, -0.25) is 4.68 Å². The predicted molar refractivity (Wildman–Crippen MR) is 69.1 cm³/mol. The van der Waals surface area contributed by atoms with Crippen molar-refractivity contribution < 1.29 is 0 Å². The van der Waals surface area contributed by atoms with Crippen LogP contribution >= 0.6 is 12.2 Å². The molecule has 1 aromatic carbocycles. The standard InChI is InChI=1S/C12H13N3S/c13-12(16)6-7-15-9-11(8-14-15)10-4-2-1-3-5-10/h1-5,8-9H,6-7H2,(H2,13,16). The second-order valence-corrected chi connectivity index (χ2v) is 4.10. The van der Waals surface area contributed by atoms with Gasteiger partial charge in [0.2, 0.25) is 0 Å². The molecule has 0 amide bonds. The molecule has 0 aliphatic heterocycles. The van der Waals surface area contributed by atoms with E-state index in [1.165, 1.54) is 5.56 Å². The first-order valence-electron chi connectivity index (χ1n) is 5.12. The summed E-state index contributed by atoms with van der Waals surface area (Å²) in [6.45, 7) is 0.738. The van der Waals surface area contributed by atoms with Gasteiger partial charge in [-0.15, -0.1) is 0 Å². The lowest BCUT2D eigenvalue weighted by molar-refractivity contribution is 0.635. The minimum Gasteiger partial charge on any atom is -0.393 e. The van der Waals surface area contributed by atoms with Crippen molar-refractivity contribution in [1.82, 2.24) is 9.78 Å². The summed E-state index contributed by atoms with van der Waals surface area (Å²) in [4.78, 5) is 0.525. The summed E-state index contributed by atoms with van der Waals surface area (Å²) in [6, 6.07) is 10.2. The van der Waals surface area contributed by atoms with E-state index in [4.69, 9.17) is 18.0 Å². The summed E-state index contributed by atoms with van der Waals surface area (Å²) < 4.78 is 1.86. The highest BCUT2D eigenvalue weighted by Crippen LogP contribution is 2.17. The van der Waals surface area contributed by atoms with Crippen molar-refractivity contribution in [2.24, 2.45) is 5.73 Å². The first-order chi connectivity index (χ1) is 7.75. The number of aryl methyl sites for hydroxylation is 1. The molecule has 0 unspecified atom stereocenters. The Morgan fingerprint density at radius 3 is 2.69 bits per heavy atom. The van der Waals surface area contributed by atoms with Gasteiger partial charge in [0.15, 0.2) is 0 Å². The van der Waals surface area contributed by atoms with E-state index in [1.807, 2.05) is 35.3 Å². The number of rotatable bonds is 4. The molecule has 1 heterocycles.